The van der Waals surface area contributed by atoms with Gasteiger partial charge in [0, 0.05) is 6.54 Å². The monoisotopic (exact) mass is 311 g/mol. The third-order valence-electron chi connectivity index (χ3n) is 4.52. The minimum atomic E-state index is -1.89. The Morgan fingerprint density at radius 3 is 2.52 bits per heavy atom. The van der Waals surface area contributed by atoms with E-state index >= 15 is 0 Å². The van der Waals surface area contributed by atoms with Crippen molar-refractivity contribution in [2.24, 2.45) is 5.73 Å². The van der Waals surface area contributed by atoms with Crippen molar-refractivity contribution in [1.29, 1.82) is 0 Å². The summed E-state index contributed by atoms with van der Waals surface area (Å²) in [4.78, 5) is 24.2. The lowest BCUT2D eigenvalue weighted by molar-refractivity contribution is -0.159. The van der Waals surface area contributed by atoms with Gasteiger partial charge in [0.05, 0.1) is 7.11 Å². The number of carbonyl (C=O) groups excluding carboxylic acids is 1. The summed E-state index contributed by atoms with van der Waals surface area (Å²) in [6, 6.07) is 13.2. The molecule has 0 spiro atoms. The molecule has 3 rings (SSSR count). The van der Waals surface area contributed by atoms with Gasteiger partial charge < -0.3 is 15.6 Å². The van der Waals surface area contributed by atoms with E-state index in [9.17, 15) is 14.7 Å². The van der Waals surface area contributed by atoms with Gasteiger partial charge in [0.1, 0.15) is 0 Å². The van der Waals surface area contributed by atoms with Gasteiger partial charge in [-0.25, -0.2) is 0 Å². The molecule has 0 aliphatic heterocycles. The van der Waals surface area contributed by atoms with Crippen LogP contribution in [0.3, 0.4) is 0 Å². The number of hydrogen-bond donors (Lipinski definition) is 2. The molecule has 0 bridgehead atoms. The molecule has 1 unspecified atom stereocenters. The predicted molar refractivity (Wildman–Crippen MR) is 85.1 cm³/mol. The zero-order valence-corrected chi connectivity index (χ0v) is 12.7. The number of hydrogen-bond acceptors (Lipinski definition) is 4. The average molecular weight is 311 g/mol. The molecular weight excluding hydrogens is 294 g/mol. The Kier molecular flexibility index (Phi) is 3.66. The van der Waals surface area contributed by atoms with E-state index in [-0.39, 0.29) is 6.54 Å². The molecule has 0 radical (unpaired) electrons. The molecular formula is C18H17NO4. The van der Waals surface area contributed by atoms with Crippen LogP contribution >= 0.6 is 0 Å². The van der Waals surface area contributed by atoms with Gasteiger partial charge in [-0.3, -0.25) is 9.59 Å². The normalized spacial score (nSPS) is 14.5. The number of carboxylic acids is 1. The molecule has 1 atom stereocenters. The van der Waals surface area contributed by atoms with Crippen LogP contribution in [-0.2, 0) is 26.2 Å². The lowest BCUT2D eigenvalue weighted by atomic mass is 9.77. The molecule has 3 N–H and O–H groups in total. The standard InChI is InChI=1S/C18H17NO4/c1-23-17(22)18(10-19,16(20)21)15-8-4-7-13-12-6-3-2-5-11(12)9-14(13)15/h2-8H,9-10,19H2,1H3,(H,20,21). The fourth-order valence-electron chi connectivity index (χ4n) is 3.32. The maximum Gasteiger partial charge on any atom is 0.329 e. The van der Waals surface area contributed by atoms with Gasteiger partial charge in [-0.2, -0.15) is 0 Å². The second-order valence-electron chi connectivity index (χ2n) is 5.57. The van der Waals surface area contributed by atoms with Crippen LogP contribution in [0, 0.1) is 0 Å². The van der Waals surface area contributed by atoms with Crippen LogP contribution in [0.2, 0.25) is 0 Å². The van der Waals surface area contributed by atoms with Crippen LogP contribution in [0.4, 0.5) is 0 Å². The van der Waals surface area contributed by atoms with E-state index in [1.807, 2.05) is 30.3 Å². The summed E-state index contributed by atoms with van der Waals surface area (Å²) in [6.07, 6.45) is 0.577. The van der Waals surface area contributed by atoms with Crippen molar-refractivity contribution >= 4 is 11.9 Å². The number of benzene rings is 2. The summed E-state index contributed by atoms with van der Waals surface area (Å²) in [5.41, 5.74) is 8.20. The fourth-order valence-corrected chi connectivity index (χ4v) is 3.32. The molecule has 5 heteroatoms. The van der Waals surface area contributed by atoms with Crippen LogP contribution in [0.5, 0.6) is 0 Å². The molecule has 5 nitrogen and oxygen atoms in total. The van der Waals surface area contributed by atoms with Crippen molar-refractivity contribution in [1.82, 2.24) is 0 Å². The highest BCUT2D eigenvalue weighted by molar-refractivity contribution is 6.07. The predicted octanol–water partition coefficient (Wildman–Crippen LogP) is 1.71. The number of nitrogens with two attached hydrogens (primary N) is 1. The van der Waals surface area contributed by atoms with Crippen LogP contribution in [0.1, 0.15) is 16.7 Å². The molecule has 0 aromatic heterocycles. The van der Waals surface area contributed by atoms with E-state index in [1.165, 1.54) is 7.11 Å². The van der Waals surface area contributed by atoms with Gasteiger partial charge in [-0.1, -0.05) is 42.5 Å². The van der Waals surface area contributed by atoms with Crippen molar-refractivity contribution < 1.29 is 19.4 Å². The Morgan fingerprint density at radius 1 is 1.17 bits per heavy atom. The quantitative estimate of drug-likeness (QED) is 0.565. The lowest BCUT2D eigenvalue weighted by Gasteiger charge is -2.27. The summed E-state index contributed by atoms with van der Waals surface area (Å²) in [5, 5.41) is 9.75. The first-order valence-electron chi connectivity index (χ1n) is 7.28. The minimum Gasteiger partial charge on any atom is -0.480 e. The molecule has 0 saturated heterocycles. The van der Waals surface area contributed by atoms with E-state index in [2.05, 4.69) is 0 Å². The highest BCUT2D eigenvalue weighted by atomic mass is 16.5. The van der Waals surface area contributed by atoms with E-state index in [4.69, 9.17) is 10.5 Å². The zero-order valence-electron chi connectivity index (χ0n) is 12.7. The van der Waals surface area contributed by atoms with E-state index in [1.54, 1.807) is 12.1 Å². The van der Waals surface area contributed by atoms with E-state index in [0.29, 0.717) is 12.0 Å². The van der Waals surface area contributed by atoms with Crippen LogP contribution in [0.15, 0.2) is 42.5 Å². The summed E-state index contributed by atoms with van der Waals surface area (Å²) in [6.45, 7) is -0.359. The number of carboxylic acid groups (broad SMARTS) is 1. The van der Waals surface area contributed by atoms with Gasteiger partial charge in [0.15, 0.2) is 0 Å². The molecule has 2 aromatic rings. The Hall–Kier alpha value is -2.66. The number of rotatable bonds is 4. The van der Waals surface area contributed by atoms with Crippen molar-refractivity contribution in [3.63, 3.8) is 0 Å². The molecule has 0 fully saturated rings. The summed E-state index contributed by atoms with van der Waals surface area (Å²) < 4.78 is 4.76. The molecule has 0 saturated carbocycles. The van der Waals surface area contributed by atoms with Gasteiger partial charge >= 0.3 is 11.9 Å². The van der Waals surface area contributed by atoms with Crippen molar-refractivity contribution in [3.8, 4) is 11.1 Å². The van der Waals surface area contributed by atoms with Gasteiger partial charge in [0.2, 0.25) is 5.41 Å². The molecule has 0 heterocycles. The number of aliphatic carboxylic acids is 1. The van der Waals surface area contributed by atoms with Gasteiger partial charge in [-0.05, 0) is 34.2 Å². The first kappa shape index (κ1) is 15.2. The maximum atomic E-state index is 12.3. The SMILES string of the molecule is COC(=O)C(CN)(C(=O)O)c1cccc2c1Cc1ccccc1-2. The number of fused-ring (bicyclic) bond motifs is 3. The largest absolute Gasteiger partial charge is 0.480 e. The summed E-state index contributed by atoms with van der Waals surface area (Å²) >= 11 is 0. The molecule has 23 heavy (non-hydrogen) atoms. The summed E-state index contributed by atoms with van der Waals surface area (Å²) in [7, 11) is 1.17. The number of methoxy groups -OCH3 is 1. The minimum absolute atomic E-state index is 0.359. The Morgan fingerprint density at radius 2 is 1.87 bits per heavy atom. The van der Waals surface area contributed by atoms with Crippen LogP contribution < -0.4 is 5.73 Å². The second kappa shape index (κ2) is 5.52. The molecule has 1 aliphatic carbocycles. The molecule has 1 aliphatic rings. The number of carbonyl (C=O) groups is 2. The van der Waals surface area contributed by atoms with Crippen LogP contribution in [-0.4, -0.2) is 30.7 Å². The van der Waals surface area contributed by atoms with Crippen LogP contribution in [0.25, 0.3) is 11.1 Å². The fraction of sp³-hybridized carbons (Fsp3) is 0.222. The maximum absolute atomic E-state index is 12.3. The van der Waals surface area contributed by atoms with Crippen molar-refractivity contribution in [2.75, 3.05) is 13.7 Å². The lowest BCUT2D eigenvalue weighted by Crippen LogP contribution is -2.51. The Labute approximate surface area is 133 Å². The van der Waals surface area contributed by atoms with Crippen molar-refractivity contribution in [3.05, 3.63) is 59.2 Å². The smallest absolute Gasteiger partial charge is 0.329 e. The van der Waals surface area contributed by atoms with Crippen molar-refractivity contribution in [2.45, 2.75) is 11.8 Å². The Balaban J connectivity index is 2.26. The highest BCUT2D eigenvalue weighted by Crippen LogP contribution is 2.42. The first-order valence-corrected chi connectivity index (χ1v) is 7.28. The third kappa shape index (κ3) is 2.04. The Bertz CT molecular complexity index is 799. The van der Waals surface area contributed by atoms with E-state index in [0.717, 1.165) is 22.3 Å². The number of ether oxygens (including phenoxy) is 1. The second-order valence-corrected chi connectivity index (χ2v) is 5.57. The molecule has 2 aromatic carbocycles. The zero-order chi connectivity index (χ0) is 16.6. The van der Waals surface area contributed by atoms with E-state index < -0.39 is 17.4 Å². The highest BCUT2D eigenvalue weighted by Gasteiger charge is 2.50. The average Bonchev–Trinajstić information content (AvgIpc) is 2.95. The molecule has 0 amide bonds. The van der Waals surface area contributed by atoms with Gasteiger partial charge in [-0.15, -0.1) is 0 Å². The summed E-state index contributed by atoms with van der Waals surface area (Å²) in [5.74, 6) is -2.15. The topological polar surface area (TPSA) is 89.6 Å². The van der Waals surface area contributed by atoms with Gasteiger partial charge in [0.25, 0.3) is 0 Å². The number of esters is 1. The molecule has 118 valence electrons. The third-order valence-corrected chi connectivity index (χ3v) is 4.52. The first-order chi connectivity index (χ1) is 11.1.